The van der Waals surface area contributed by atoms with E-state index in [1.807, 2.05) is 0 Å². The highest BCUT2D eigenvalue weighted by Crippen LogP contribution is 2.19. The van der Waals surface area contributed by atoms with Gasteiger partial charge in [-0.2, -0.15) is 0 Å². The lowest BCUT2D eigenvalue weighted by Crippen LogP contribution is -1.89. The van der Waals surface area contributed by atoms with Crippen LogP contribution in [-0.2, 0) is 6.61 Å². The minimum atomic E-state index is -0.0533. The fourth-order valence-electron chi connectivity index (χ4n) is 0.813. The van der Waals surface area contributed by atoms with Crippen LogP contribution >= 0.6 is 15.9 Å². The van der Waals surface area contributed by atoms with E-state index < -0.39 is 0 Å². The average Bonchev–Trinajstić information content (AvgIpc) is 2.05. The molecule has 58 valence electrons. The van der Waals surface area contributed by atoms with Crippen LogP contribution in [0, 0.1) is 0 Å². The van der Waals surface area contributed by atoms with Gasteiger partial charge in [-0.25, -0.2) is 0 Å². The summed E-state index contributed by atoms with van der Waals surface area (Å²) >= 11 is 3.21. The van der Waals surface area contributed by atoms with Gasteiger partial charge in [0.2, 0.25) is 0 Å². The maximum atomic E-state index is 10.4. The molecule has 1 rings (SSSR count). The van der Waals surface area contributed by atoms with Gasteiger partial charge >= 0.3 is 0 Å². The van der Waals surface area contributed by atoms with Gasteiger partial charge in [0.1, 0.15) is 0 Å². The van der Waals surface area contributed by atoms with Gasteiger partial charge in [0.25, 0.3) is 0 Å². The molecule has 0 radical (unpaired) electrons. The molecule has 0 spiro atoms. The van der Waals surface area contributed by atoms with E-state index in [0.29, 0.717) is 10.0 Å². The van der Waals surface area contributed by atoms with Crippen molar-refractivity contribution in [1.82, 2.24) is 0 Å². The van der Waals surface area contributed by atoms with Gasteiger partial charge in [0.15, 0.2) is 6.29 Å². The third-order valence-corrected chi connectivity index (χ3v) is 2.37. The van der Waals surface area contributed by atoms with Crippen LogP contribution < -0.4 is 0 Å². The lowest BCUT2D eigenvalue weighted by molar-refractivity contribution is 0.112. The van der Waals surface area contributed by atoms with Crippen molar-refractivity contribution in [3.8, 4) is 0 Å². The fraction of sp³-hybridized carbons (Fsp3) is 0.125. The number of rotatable bonds is 2. The number of hydrogen-bond donors (Lipinski definition) is 1. The average molecular weight is 215 g/mol. The highest BCUT2D eigenvalue weighted by molar-refractivity contribution is 9.10. The third kappa shape index (κ3) is 1.67. The van der Waals surface area contributed by atoms with Crippen molar-refractivity contribution in [2.75, 3.05) is 0 Å². The van der Waals surface area contributed by atoms with Gasteiger partial charge in [0.05, 0.1) is 6.61 Å². The summed E-state index contributed by atoms with van der Waals surface area (Å²) in [7, 11) is 0. The van der Waals surface area contributed by atoms with E-state index in [0.717, 1.165) is 11.8 Å². The first-order chi connectivity index (χ1) is 5.29. The quantitative estimate of drug-likeness (QED) is 0.763. The summed E-state index contributed by atoms with van der Waals surface area (Å²) in [6, 6.07) is 5.19. The van der Waals surface area contributed by atoms with Crippen molar-refractivity contribution in [1.29, 1.82) is 0 Å². The number of carbonyl (C=O) groups excluding carboxylic acids is 1. The zero-order chi connectivity index (χ0) is 8.27. The monoisotopic (exact) mass is 214 g/mol. The van der Waals surface area contributed by atoms with Crippen LogP contribution in [0.5, 0.6) is 0 Å². The van der Waals surface area contributed by atoms with Crippen LogP contribution in [0.1, 0.15) is 15.9 Å². The lowest BCUT2D eigenvalue weighted by Gasteiger charge is -2.01. The van der Waals surface area contributed by atoms with Gasteiger partial charge in [-0.05, 0) is 21.5 Å². The smallest absolute Gasteiger partial charge is 0.151 e. The minimum absolute atomic E-state index is 0.0533. The molecule has 1 aromatic rings. The molecule has 11 heavy (non-hydrogen) atoms. The van der Waals surface area contributed by atoms with Crippen molar-refractivity contribution >= 4 is 22.2 Å². The first kappa shape index (κ1) is 8.43. The summed E-state index contributed by atoms with van der Waals surface area (Å²) in [4.78, 5) is 10.4. The topological polar surface area (TPSA) is 37.3 Å². The number of hydrogen-bond acceptors (Lipinski definition) is 2. The fourth-order valence-corrected chi connectivity index (χ4v) is 1.30. The predicted octanol–water partition coefficient (Wildman–Crippen LogP) is 1.75. The zero-order valence-electron chi connectivity index (χ0n) is 5.75. The summed E-state index contributed by atoms with van der Waals surface area (Å²) in [5.41, 5.74) is 1.30. The Labute approximate surface area is 73.0 Å². The molecular weight excluding hydrogens is 208 g/mol. The lowest BCUT2D eigenvalue weighted by atomic mass is 10.1. The molecule has 1 aromatic carbocycles. The van der Waals surface area contributed by atoms with Crippen molar-refractivity contribution < 1.29 is 9.90 Å². The highest BCUT2D eigenvalue weighted by Gasteiger charge is 2.01. The normalized spacial score (nSPS) is 9.64. The third-order valence-electron chi connectivity index (χ3n) is 1.41. The second-order valence-corrected chi connectivity index (χ2v) is 2.89. The summed E-state index contributed by atoms with van der Waals surface area (Å²) < 4.78 is 0.678. The van der Waals surface area contributed by atoms with E-state index in [1.165, 1.54) is 0 Å². The summed E-state index contributed by atoms with van der Waals surface area (Å²) in [6.45, 7) is -0.0533. The van der Waals surface area contributed by atoms with Gasteiger partial charge in [-0.15, -0.1) is 0 Å². The van der Waals surface area contributed by atoms with Crippen LogP contribution in [0.3, 0.4) is 0 Å². The first-order valence-electron chi connectivity index (χ1n) is 3.13. The Hall–Kier alpha value is -0.670. The number of aldehydes is 1. The number of halogens is 1. The number of benzene rings is 1. The molecule has 1 N–H and O–H groups in total. The maximum Gasteiger partial charge on any atom is 0.151 e. The van der Waals surface area contributed by atoms with E-state index in [2.05, 4.69) is 15.9 Å². The SMILES string of the molecule is O=Cc1cccc(CO)c1Br. The van der Waals surface area contributed by atoms with Crippen molar-refractivity contribution in [2.24, 2.45) is 0 Å². The minimum Gasteiger partial charge on any atom is -0.392 e. The van der Waals surface area contributed by atoms with E-state index in [-0.39, 0.29) is 6.61 Å². The Bertz CT molecular complexity index is 271. The molecule has 0 saturated heterocycles. The molecule has 0 aliphatic rings. The molecule has 0 heterocycles. The molecular formula is C8H7BrO2. The molecule has 0 aliphatic heterocycles. The Morgan fingerprint density at radius 3 is 2.82 bits per heavy atom. The van der Waals surface area contributed by atoms with Crippen LogP contribution in [0.25, 0.3) is 0 Å². The molecule has 0 aliphatic carbocycles. The van der Waals surface area contributed by atoms with Crippen molar-refractivity contribution in [3.63, 3.8) is 0 Å². The second kappa shape index (κ2) is 3.64. The highest BCUT2D eigenvalue weighted by atomic mass is 79.9. The van der Waals surface area contributed by atoms with E-state index in [4.69, 9.17) is 5.11 Å². The predicted molar refractivity (Wildman–Crippen MR) is 45.5 cm³/mol. The standard InChI is InChI=1S/C8H7BrO2/c9-8-6(4-10)2-1-3-7(8)5-11/h1-4,11H,5H2. The Balaban J connectivity index is 3.20. The molecule has 0 fully saturated rings. The summed E-state index contributed by atoms with van der Waals surface area (Å²) in [5, 5.41) is 8.79. The molecule has 0 atom stereocenters. The van der Waals surface area contributed by atoms with Gasteiger partial charge in [-0.3, -0.25) is 4.79 Å². The van der Waals surface area contributed by atoms with Crippen LogP contribution in [-0.4, -0.2) is 11.4 Å². The molecule has 0 aromatic heterocycles. The second-order valence-electron chi connectivity index (χ2n) is 2.10. The van der Waals surface area contributed by atoms with Gasteiger partial charge in [-0.1, -0.05) is 18.2 Å². The van der Waals surface area contributed by atoms with E-state index in [1.54, 1.807) is 18.2 Å². The largest absolute Gasteiger partial charge is 0.392 e. The summed E-state index contributed by atoms with van der Waals surface area (Å²) in [6.07, 6.45) is 0.753. The molecule has 0 saturated carbocycles. The summed E-state index contributed by atoms with van der Waals surface area (Å²) in [5.74, 6) is 0. The molecule has 0 amide bonds. The Kier molecular flexibility index (Phi) is 2.79. The Morgan fingerprint density at radius 2 is 2.27 bits per heavy atom. The Morgan fingerprint density at radius 1 is 1.55 bits per heavy atom. The van der Waals surface area contributed by atoms with E-state index >= 15 is 0 Å². The van der Waals surface area contributed by atoms with Gasteiger partial charge < -0.3 is 5.11 Å². The van der Waals surface area contributed by atoms with E-state index in [9.17, 15) is 4.79 Å². The first-order valence-corrected chi connectivity index (χ1v) is 3.92. The molecule has 0 unspecified atom stereocenters. The van der Waals surface area contributed by atoms with Gasteiger partial charge in [0, 0.05) is 10.0 Å². The number of aliphatic hydroxyl groups is 1. The number of aliphatic hydroxyl groups excluding tert-OH is 1. The number of carbonyl (C=O) groups is 1. The maximum absolute atomic E-state index is 10.4. The van der Waals surface area contributed by atoms with Crippen molar-refractivity contribution in [2.45, 2.75) is 6.61 Å². The van der Waals surface area contributed by atoms with Crippen LogP contribution in [0.4, 0.5) is 0 Å². The van der Waals surface area contributed by atoms with Crippen LogP contribution in [0.15, 0.2) is 22.7 Å². The zero-order valence-corrected chi connectivity index (χ0v) is 7.34. The van der Waals surface area contributed by atoms with Crippen LogP contribution in [0.2, 0.25) is 0 Å². The molecule has 0 bridgehead atoms. The van der Waals surface area contributed by atoms with Crippen molar-refractivity contribution in [3.05, 3.63) is 33.8 Å². The molecule has 3 heteroatoms. The molecule has 2 nitrogen and oxygen atoms in total.